The summed E-state index contributed by atoms with van der Waals surface area (Å²) < 4.78 is 41.4. The number of halogens is 3. The van der Waals surface area contributed by atoms with Gasteiger partial charge in [0.1, 0.15) is 6.04 Å². The van der Waals surface area contributed by atoms with Gasteiger partial charge in [-0.15, -0.1) is 0 Å². The number of nitrogens with one attached hydrogen (secondary N) is 1. The van der Waals surface area contributed by atoms with E-state index in [1.807, 2.05) is 13.0 Å². The van der Waals surface area contributed by atoms with E-state index in [0.29, 0.717) is 10.9 Å². The molecule has 0 saturated carbocycles. The molecule has 1 amide bonds. The first-order valence-corrected chi connectivity index (χ1v) is 11.3. The van der Waals surface area contributed by atoms with Gasteiger partial charge in [0.2, 0.25) is 5.91 Å². The Balaban J connectivity index is 1.70. The molecule has 1 atom stereocenters. The Morgan fingerprint density at radius 3 is 2.33 bits per heavy atom. The standard InChI is InChI=1S/C27H24F3N3O3/c1-17-11-12-23-22(13-17)25(35)32(16-19-7-4-3-5-8-19)26(36)33(23)18(2)24(34)31-15-20-9-6-10-21(14-20)27(28,29)30/h3-14,18H,15-16H2,1-2H3,(H,31,34)/t18-/m1/s1. The number of fused-ring (bicyclic) bond motifs is 1. The summed E-state index contributed by atoms with van der Waals surface area (Å²) in [6, 6.07) is 17.7. The maximum Gasteiger partial charge on any atom is 0.416 e. The molecule has 186 valence electrons. The number of aromatic nitrogens is 2. The van der Waals surface area contributed by atoms with Crippen LogP contribution >= 0.6 is 0 Å². The topological polar surface area (TPSA) is 73.1 Å². The highest BCUT2D eigenvalue weighted by Crippen LogP contribution is 2.29. The van der Waals surface area contributed by atoms with E-state index in [4.69, 9.17) is 0 Å². The normalized spacial score (nSPS) is 12.5. The maximum absolute atomic E-state index is 13.5. The van der Waals surface area contributed by atoms with Crippen LogP contribution in [0, 0.1) is 6.92 Å². The first kappa shape index (κ1) is 25.0. The van der Waals surface area contributed by atoms with E-state index < -0.39 is 34.9 Å². The predicted octanol–water partition coefficient (Wildman–Crippen LogP) is 4.42. The number of carbonyl (C=O) groups excluding carboxylic acids is 1. The summed E-state index contributed by atoms with van der Waals surface area (Å²) in [5.41, 5.74) is 0.216. The van der Waals surface area contributed by atoms with E-state index in [1.165, 1.54) is 23.6 Å². The number of rotatable bonds is 6. The van der Waals surface area contributed by atoms with Gasteiger partial charge in [-0.25, -0.2) is 4.79 Å². The van der Waals surface area contributed by atoms with Gasteiger partial charge in [-0.3, -0.25) is 18.7 Å². The second-order valence-electron chi connectivity index (χ2n) is 8.64. The third kappa shape index (κ3) is 5.10. The van der Waals surface area contributed by atoms with Gasteiger partial charge in [0.05, 0.1) is 23.0 Å². The van der Waals surface area contributed by atoms with Crippen molar-refractivity contribution in [2.24, 2.45) is 0 Å². The van der Waals surface area contributed by atoms with Crippen LogP contribution in [0.5, 0.6) is 0 Å². The molecule has 1 heterocycles. The van der Waals surface area contributed by atoms with Gasteiger partial charge in [0.15, 0.2) is 0 Å². The van der Waals surface area contributed by atoms with Gasteiger partial charge in [0, 0.05) is 6.54 Å². The highest BCUT2D eigenvalue weighted by atomic mass is 19.4. The zero-order valence-electron chi connectivity index (χ0n) is 19.7. The van der Waals surface area contributed by atoms with Crippen LogP contribution in [0.25, 0.3) is 10.9 Å². The summed E-state index contributed by atoms with van der Waals surface area (Å²) in [7, 11) is 0. The van der Waals surface area contributed by atoms with Crippen LogP contribution in [0.15, 0.2) is 82.4 Å². The summed E-state index contributed by atoms with van der Waals surface area (Å²) in [6.07, 6.45) is -4.50. The molecule has 1 N–H and O–H groups in total. The minimum Gasteiger partial charge on any atom is -0.350 e. The van der Waals surface area contributed by atoms with Crippen LogP contribution in [0.2, 0.25) is 0 Å². The molecular formula is C27H24F3N3O3. The molecule has 0 aliphatic carbocycles. The molecule has 6 nitrogen and oxygen atoms in total. The minimum absolute atomic E-state index is 0.0287. The fraction of sp³-hybridized carbons (Fsp3) is 0.222. The van der Waals surface area contributed by atoms with Crippen molar-refractivity contribution < 1.29 is 18.0 Å². The fourth-order valence-corrected chi connectivity index (χ4v) is 4.09. The number of amides is 1. The first-order chi connectivity index (χ1) is 17.1. The quantitative estimate of drug-likeness (QED) is 0.431. The number of hydrogen-bond donors (Lipinski definition) is 1. The average molecular weight is 496 g/mol. The molecule has 0 aliphatic rings. The molecule has 0 radical (unpaired) electrons. The van der Waals surface area contributed by atoms with Gasteiger partial charge in [-0.1, -0.05) is 54.1 Å². The van der Waals surface area contributed by atoms with E-state index >= 15 is 0 Å². The molecular weight excluding hydrogens is 471 g/mol. The SMILES string of the molecule is Cc1ccc2c(c1)c(=O)n(Cc1ccccc1)c(=O)n2[C@H](C)C(=O)NCc1cccc(C(F)(F)F)c1. The number of nitrogens with zero attached hydrogens (tertiary/aromatic N) is 2. The molecule has 0 saturated heterocycles. The number of alkyl halides is 3. The van der Waals surface area contributed by atoms with Crippen molar-refractivity contribution in [3.63, 3.8) is 0 Å². The third-order valence-corrected chi connectivity index (χ3v) is 6.00. The van der Waals surface area contributed by atoms with Crippen molar-refractivity contribution in [1.29, 1.82) is 0 Å². The molecule has 1 aromatic heterocycles. The smallest absolute Gasteiger partial charge is 0.350 e. The Labute approximate surface area is 204 Å². The molecule has 0 aliphatic heterocycles. The van der Waals surface area contributed by atoms with Crippen molar-refractivity contribution in [2.75, 3.05) is 0 Å². The predicted molar refractivity (Wildman–Crippen MR) is 131 cm³/mol. The summed E-state index contributed by atoms with van der Waals surface area (Å²) in [5, 5.41) is 2.90. The van der Waals surface area contributed by atoms with Gasteiger partial charge in [0.25, 0.3) is 5.56 Å². The van der Waals surface area contributed by atoms with E-state index in [9.17, 15) is 27.6 Å². The zero-order valence-corrected chi connectivity index (χ0v) is 19.7. The Bertz CT molecular complexity index is 1540. The van der Waals surface area contributed by atoms with E-state index in [2.05, 4.69) is 5.32 Å². The van der Waals surface area contributed by atoms with Crippen molar-refractivity contribution in [1.82, 2.24) is 14.5 Å². The molecule has 9 heteroatoms. The van der Waals surface area contributed by atoms with Crippen molar-refractivity contribution in [2.45, 2.75) is 39.2 Å². The zero-order chi connectivity index (χ0) is 26.0. The molecule has 0 bridgehead atoms. The average Bonchev–Trinajstić information content (AvgIpc) is 2.85. The fourth-order valence-electron chi connectivity index (χ4n) is 4.09. The summed E-state index contributed by atoms with van der Waals surface area (Å²) in [4.78, 5) is 39.8. The van der Waals surface area contributed by atoms with Gasteiger partial charge in [-0.05, 0) is 49.2 Å². The van der Waals surface area contributed by atoms with Gasteiger partial charge in [-0.2, -0.15) is 13.2 Å². The van der Waals surface area contributed by atoms with Gasteiger partial charge >= 0.3 is 11.9 Å². The number of hydrogen-bond acceptors (Lipinski definition) is 3. The molecule has 0 unspecified atom stereocenters. The van der Waals surface area contributed by atoms with Crippen molar-refractivity contribution in [3.05, 3.63) is 116 Å². The number of carbonyl (C=O) groups is 1. The Morgan fingerprint density at radius 1 is 0.944 bits per heavy atom. The maximum atomic E-state index is 13.5. The molecule has 0 spiro atoms. The Morgan fingerprint density at radius 2 is 1.64 bits per heavy atom. The van der Waals surface area contributed by atoms with Crippen molar-refractivity contribution >= 4 is 16.8 Å². The van der Waals surface area contributed by atoms with Crippen LogP contribution in [-0.2, 0) is 24.1 Å². The van der Waals surface area contributed by atoms with E-state index in [1.54, 1.807) is 42.5 Å². The monoisotopic (exact) mass is 495 g/mol. The lowest BCUT2D eigenvalue weighted by Gasteiger charge is -2.20. The molecule has 3 aromatic carbocycles. The highest BCUT2D eigenvalue weighted by Gasteiger charge is 2.30. The van der Waals surface area contributed by atoms with Gasteiger partial charge < -0.3 is 5.32 Å². The van der Waals surface area contributed by atoms with Crippen LogP contribution < -0.4 is 16.6 Å². The lowest BCUT2D eigenvalue weighted by molar-refractivity contribution is -0.137. The highest BCUT2D eigenvalue weighted by molar-refractivity contribution is 5.84. The van der Waals surface area contributed by atoms with Crippen molar-refractivity contribution in [3.8, 4) is 0 Å². The van der Waals surface area contributed by atoms with Crippen LogP contribution in [0.4, 0.5) is 13.2 Å². The Kier molecular flexibility index (Phi) is 6.83. The molecule has 4 aromatic rings. The second-order valence-corrected chi connectivity index (χ2v) is 8.64. The third-order valence-electron chi connectivity index (χ3n) is 6.00. The minimum atomic E-state index is -4.50. The Hall–Kier alpha value is -4.14. The van der Waals surface area contributed by atoms with Crippen LogP contribution in [0.3, 0.4) is 0 Å². The second kappa shape index (κ2) is 9.85. The lowest BCUT2D eigenvalue weighted by Crippen LogP contribution is -2.44. The number of aryl methyl sites for hydroxylation is 1. The van der Waals surface area contributed by atoms with E-state index in [0.717, 1.165) is 27.8 Å². The molecule has 4 rings (SSSR count). The van der Waals surface area contributed by atoms with E-state index in [-0.39, 0.29) is 18.7 Å². The summed E-state index contributed by atoms with van der Waals surface area (Å²) >= 11 is 0. The molecule has 36 heavy (non-hydrogen) atoms. The first-order valence-electron chi connectivity index (χ1n) is 11.3. The summed E-state index contributed by atoms with van der Waals surface area (Å²) in [6.45, 7) is 3.21. The van der Waals surface area contributed by atoms with Crippen LogP contribution in [0.1, 0.15) is 35.2 Å². The molecule has 0 fully saturated rings. The summed E-state index contributed by atoms with van der Waals surface area (Å²) in [5.74, 6) is -0.568. The lowest BCUT2D eigenvalue weighted by atomic mass is 10.1. The van der Waals surface area contributed by atoms with Crippen LogP contribution in [-0.4, -0.2) is 15.0 Å². The number of benzene rings is 3. The largest absolute Gasteiger partial charge is 0.416 e.